The lowest BCUT2D eigenvalue weighted by atomic mass is 10.2. The molecule has 1 amide bonds. The SMILES string of the molecule is CCN(CCOC)C(=O)c1cc(C)c(C#CCO)s1. The molecule has 1 N–H and O–H groups in total. The summed E-state index contributed by atoms with van der Waals surface area (Å²) in [6.07, 6.45) is 0. The van der Waals surface area contributed by atoms with E-state index in [2.05, 4.69) is 11.8 Å². The monoisotopic (exact) mass is 281 g/mol. The molecule has 0 saturated heterocycles. The molecule has 1 aromatic rings. The van der Waals surface area contributed by atoms with Crippen LogP contribution in [0.2, 0.25) is 0 Å². The van der Waals surface area contributed by atoms with Gasteiger partial charge in [0.15, 0.2) is 0 Å². The number of thiophene rings is 1. The number of amides is 1. The highest BCUT2D eigenvalue weighted by Crippen LogP contribution is 2.22. The Labute approximate surface area is 118 Å². The number of aryl methyl sites for hydroxylation is 1. The number of nitrogens with zero attached hydrogens (tertiary/aromatic N) is 1. The predicted octanol–water partition coefficient (Wildman–Crippen LogP) is 1.51. The fourth-order valence-corrected chi connectivity index (χ4v) is 2.61. The van der Waals surface area contributed by atoms with Gasteiger partial charge in [-0.05, 0) is 25.5 Å². The molecule has 0 aromatic carbocycles. The van der Waals surface area contributed by atoms with Gasteiger partial charge in [-0.25, -0.2) is 0 Å². The second-order valence-corrected chi connectivity index (χ2v) is 5.01. The minimum Gasteiger partial charge on any atom is -0.384 e. The average Bonchev–Trinajstić information content (AvgIpc) is 2.78. The highest BCUT2D eigenvalue weighted by Gasteiger charge is 2.17. The maximum Gasteiger partial charge on any atom is 0.264 e. The summed E-state index contributed by atoms with van der Waals surface area (Å²) in [5, 5.41) is 8.70. The van der Waals surface area contributed by atoms with E-state index in [4.69, 9.17) is 9.84 Å². The lowest BCUT2D eigenvalue weighted by Gasteiger charge is -2.19. The van der Waals surface area contributed by atoms with Crippen LogP contribution in [-0.2, 0) is 4.74 Å². The van der Waals surface area contributed by atoms with Gasteiger partial charge in [-0.1, -0.05) is 11.8 Å². The van der Waals surface area contributed by atoms with E-state index in [0.29, 0.717) is 24.6 Å². The van der Waals surface area contributed by atoms with Crippen molar-refractivity contribution >= 4 is 17.2 Å². The van der Waals surface area contributed by atoms with Crippen molar-refractivity contribution in [1.82, 2.24) is 4.90 Å². The summed E-state index contributed by atoms with van der Waals surface area (Å²) >= 11 is 1.37. The zero-order valence-electron chi connectivity index (χ0n) is 11.5. The molecule has 5 heteroatoms. The number of carbonyl (C=O) groups excluding carboxylic acids is 1. The number of hydrogen-bond acceptors (Lipinski definition) is 4. The molecule has 0 radical (unpaired) electrons. The third-order valence-electron chi connectivity index (χ3n) is 2.64. The van der Waals surface area contributed by atoms with Gasteiger partial charge in [-0.3, -0.25) is 4.79 Å². The Morgan fingerprint density at radius 2 is 2.32 bits per heavy atom. The van der Waals surface area contributed by atoms with Crippen LogP contribution in [0.25, 0.3) is 0 Å². The Morgan fingerprint density at radius 1 is 1.58 bits per heavy atom. The Hall–Kier alpha value is -1.35. The summed E-state index contributed by atoms with van der Waals surface area (Å²) in [4.78, 5) is 15.6. The molecule has 0 bridgehead atoms. The molecular weight excluding hydrogens is 262 g/mol. The van der Waals surface area contributed by atoms with Crippen LogP contribution in [0.3, 0.4) is 0 Å². The van der Waals surface area contributed by atoms with Crippen LogP contribution in [0.5, 0.6) is 0 Å². The number of hydrogen-bond donors (Lipinski definition) is 1. The first-order chi connectivity index (χ1) is 9.13. The quantitative estimate of drug-likeness (QED) is 0.832. The summed E-state index contributed by atoms with van der Waals surface area (Å²) in [7, 11) is 1.62. The summed E-state index contributed by atoms with van der Waals surface area (Å²) in [5.41, 5.74) is 0.970. The Balaban J connectivity index is 2.87. The molecular formula is C14H19NO3S. The molecule has 4 nitrogen and oxygen atoms in total. The van der Waals surface area contributed by atoms with Crippen LogP contribution >= 0.6 is 11.3 Å². The van der Waals surface area contributed by atoms with Gasteiger partial charge >= 0.3 is 0 Å². The molecule has 0 unspecified atom stereocenters. The molecule has 0 spiro atoms. The molecule has 0 aliphatic carbocycles. The van der Waals surface area contributed by atoms with Crippen molar-refractivity contribution in [3.05, 3.63) is 21.4 Å². The first-order valence-corrected chi connectivity index (χ1v) is 6.94. The summed E-state index contributed by atoms with van der Waals surface area (Å²) in [6, 6.07) is 1.85. The molecule has 1 aromatic heterocycles. The maximum atomic E-state index is 12.3. The van der Waals surface area contributed by atoms with Crippen molar-refractivity contribution in [1.29, 1.82) is 0 Å². The molecule has 0 aliphatic heterocycles. The second-order valence-electron chi connectivity index (χ2n) is 3.96. The summed E-state index contributed by atoms with van der Waals surface area (Å²) < 4.78 is 5.00. The van der Waals surface area contributed by atoms with E-state index in [-0.39, 0.29) is 12.5 Å². The average molecular weight is 281 g/mol. The minimum absolute atomic E-state index is 0.00435. The number of aliphatic hydroxyl groups excluding tert-OH is 1. The van der Waals surface area contributed by atoms with E-state index in [0.717, 1.165) is 10.4 Å². The van der Waals surface area contributed by atoms with Crippen LogP contribution in [0, 0.1) is 18.8 Å². The van der Waals surface area contributed by atoms with Crippen LogP contribution < -0.4 is 0 Å². The van der Waals surface area contributed by atoms with Crippen LogP contribution in [0.15, 0.2) is 6.07 Å². The number of aliphatic hydroxyl groups is 1. The van der Waals surface area contributed by atoms with Crippen LogP contribution in [-0.4, -0.2) is 49.3 Å². The van der Waals surface area contributed by atoms with Gasteiger partial charge in [0.25, 0.3) is 5.91 Å². The fourth-order valence-electron chi connectivity index (χ4n) is 1.59. The molecule has 0 saturated carbocycles. The standard InChI is InChI=1S/C14H19NO3S/c1-4-15(7-9-18-3)14(17)13-10-11(2)12(19-13)6-5-8-16/h10,16H,4,7-9H2,1-3H3. The van der Waals surface area contributed by atoms with Crippen molar-refractivity contribution < 1.29 is 14.6 Å². The van der Waals surface area contributed by atoms with Crippen molar-refractivity contribution in [3.8, 4) is 11.8 Å². The zero-order chi connectivity index (χ0) is 14.3. The minimum atomic E-state index is -0.171. The van der Waals surface area contributed by atoms with E-state index in [9.17, 15) is 4.79 Å². The van der Waals surface area contributed by atoms with Gasteiger partial charge in [0.2, 0.25) is 0 Å². The van der Waals surface area contributed by atoms with Gasteiger partial charge in [0.05, 0.1) is 16.4 Å². The molecule has 0 aliphatic rings. The Morgan fingerprint density at radius 3 is 2.89 bits per heavy atom. The van der Waals surface area contributed by atoms with E-state index in [1.165, 1.54) is 11.3 Å². The molecule has 104 valence electrons. The number of ether oxygens (including phenoxy) is 1. The van der Waals surface area contributed by atoms with Crippen LogP contribution in [0.4, 0.5) is 0 Å². The van der Waals surface area contributed by atoms with Crippen molar-refractivity contribution in [2.24, 2.45) is 0 Å². The van der Waals surface area contributed by atoms with Gasteiger partial charge in [0, 0.05) is 20.2 Å². The van der Waals surface area contributed by atoms with Crippen LogP contribution in [0.1, 0.15) is 27.0 Å². The predicted molar refractivity (Wildman–Crippen MR) is 76.5 cm³/mol. The molecule has 0 fully saturated rings. The number of methoxy groups -OCH3 is 1. The summed E-state index contributed by atoms with van der Waals surface area (Å²) in [5.74, 6) is 5.47. The number of rotatable bonds is 5. The molecule has 1 heterocycles. The highest BCUT2D eigenvalue weighted by molar-refractivity contribution is 7.14. The first-order valence-electron chi connectivity index (χ1n) is 6.12. The van der Waals surface area contributed by atoms with Crippen molar-refractivity contribution in [3.63, 3.8) is 0 Å². The van der Waals surface area contributed by atoms with Gasteiger partial charge in [0.1, 0.15) is 6.61 Å². The third-order valence-corrected chi connectivity index (χ3v) is 3.78. The zero-order valence-corrected chi connectivity index (χ0v) is 12.3. The first kappa shape index (κ1) is 15.7. The van der Waals surface area contributed by atoms with Gasteiger partial charge in [-0.15, -0.1) is 11.3 Å². The fraction of sp³-hybridized carbons (Fsp3) is 0.500. The second kappa shape index (κ2) is 7.95. The molecule has 19 heavy (non-hydrogen) atoms. The lowest BCUT2D eigenvalue weighted by Crippen LogP contribution is -2.33. The van der Waals surface area contributed by atoms with E-state index in [1.54, 1.807) is 12.0 Å². The maximum absolute atomic E-state index is 12.3. The number of carbonyl (C=O) groups is 1. The van der Waals surface area contributed by atoms with E-state index >= 15 is 0 Å². The molecule has 1 rings (SSSR count). The normalized spacial score (nSPS) is 9.89. The Kier molecular flexibility index (Phi) is 6.57. The van der Waals surface area contributed by atoms with Crippen molar-refractivity contribution in [2.75, 3.05) is 33.4 Å². The van der Waals surface area contributed by atoms with Gasteiger partial charge < -0.3 is 14.7 Å². The highest BCUT2D eigenvalue weighted by atomic mass is 32.1. The third kappa shape index (κ3) is 4.35. The van der Waals surface area contributed by atoms with E-state index < -0.39 is 0 Å². The lowest BCUT2D eigenvalue weighted by molar-refractivity contribution is 0.0711. The number of likely N-dealkylation sites (N-methyl/N-ethyl adjacent to an activating group) is 1. The Bertz CT molecular complexity index is 485. The topological polar surface area (TPSA) is 49.8 Å². The van der Waals surface area contributed by atoms with E-state index in [1.807, 2.05) is 19.9 Å². The smallest absolute Gasteiger partial charge is 0.264 e. The summed E-state index contributed by atoms with van der Waals surface area (Å²) in [6.45, 7) is 5.45. The van der Waals surface area contributed by atoms with Crippen molar-refractivity contribution in [2.45, 2.75) is 13.8 Å². The molecule has 0 atom stereocenters. The largest absolute Gasteiger partial charge is 0.384 e. The van der Waals surface area contributed by atoms with Gasteiger partial charge in [-0.2, -0.15) is 0 Å².